The molecule has 4 rings (SSSR count). The maximum atomic E-state index is 14.1. The van der Waals surface area contributed by atoms with Crippen molar-refractivity contribution in [2.75, 3.05) is 13.7 Å². The minimum absolute atomic E-state index is 0.227. The summed E-state index contributed by atoms with van der Waals surface area (Å²) in [4.78, 5) is 4.20. The van der Waals surface area contributed by atoms with Gasteiger partial charge in [-0.2, -0.15) is 0 Å². The Hall–Kier alpha value is -3.39. The predicted molar refractivity (Wildman–Crippen MR) is 118 cm³/mol. The third kappa shape index (κ3) is 4.69. The molecule has 2 aromatic heterocycles. The van der Waals surface area contributed by atoms with Crippen LogP contribution in [0.2, 0.25) is 0 Å². The molecule has 31 heavy (non-hydrogen) atoms. The number of thioether (sulfide) groups is 1. The number of rotatable bonds is 8. The second-order valence-corrected chi connectivity index (χ2v) is 7.51. The van der Waals surface area contributed by atoms with Crippen LogP contribution in [0.15, 0.2) is 72.1 Å². The second kappa shape index (κ2) is 9.61. The van der Waals surface area contributed by atoms with Gasteiger partial charge in [-0.1, -0.05) is 17.8 Å². The zero-order chi connectivity index (χ0) is 21.6. The third-order valence-electron chi connectivity index (χ3n) is 4.54. The van der Waals surface area contributed by atoms with Crippen LogP contribution in [0.4, 0.5) is 4.39 Å². The van der Waals surface area contributed by atoms with E-state index in [1.807, 2.05) is 54.0 Å². The first-order chi connectivity index (χ1) is 15.2. The highest BCUT2D eigenvalue weighted by Crippen LogP contribution is 2.31. The van der Waals surface area contributed by atoms with Crippen molar-refractivity contribution in [1.29, 1.82) is 0 Å². The van der Waals surface area contributed by atoms with Gasteiger partial charge in [0, 0.05) is 29.4 Å². The lowest BCUT2D eigenvalue weighted by molar-refractivity contribution is 0.340. The number of nitrogens with zero attached hydrogens (tertiary/aromatic N) is 4. The molecule has 2 heterocycles. The van der Waals surface area contributed by atoms with Crippen LogP contribution in [0.25, 0.3) is 17.1 Å². The van der Waals surface area contributed by atoms with Gasteiger partial charge in [0.2, 0.25) is 0 Å². The van der Waals surface area contributed by atoms with Gasteiger partial charge in [0.1, 0.15) is 5.75 Å². The monoisotopic (exact) mass is 436 g/mol. The summed E-state index contributed by atoms with van der Waals surface area (Å²) in [7, 11) is 1.45. The fourth-order valence-corrected chi connectivity index (χ4v) is 3.98. The molecule has 4 aromatic rings. The van der Waals surface area contributed by atoms with Gasteiger partial charge in [0.25, 0.3) is 0 Å². The summed E-state index contributed by atoms with van der Waals surface area (Å²) in [5, 5.41) is 9.50. The van der Waals surface area contributed by atoms with E-state index in [4.69, 9.17) is 9.47 Å². The van der Waals surface area contributed by atoms with E-state index >= 15 is 0 Å². The van der Waals surface area contributed by atoms with E-state index in [2.05, 4.69) is 15.2 Å². The standard InChI is InChI=1S/C23H21FN4O2S/c1-3-30-19-9-7-18(8-10-19)28-22(17-5-4-12-25-14-17)26-27-23(28)31-15-16-6-11-21(29-2)20(24)13-16/h4-14H,3,15H2,1-2H3. The smallest absolute Gasteiger partial charge is 0.196 e. The number of aromatic nitrogens is 4. The topological polar surface area (TPSA) is 62.1 Å². The Morgan fingerprint density at radius 1 is 1.06 bits per heavy atom. The van der Waals surface area contributed by atoms with Gasteiger partial charge in [-0.3, -0.25) is 9.55 Å². The molecule has 0 saturated carbocycles. The molecule has 0 radical (unpaired) electrons. The molecular formula is C23H21FN4O2S. The van der Waals surface area contributed by atoms with Crippen molar-refractivity contribution >= 4 is 11.8 Å². The SMILES string of the molecule is CCOc1ccc(-n2c(SCc3ccc(OC)c(F)c3)nnc2-c2cccnc2)cc1. The molecule has 0 fully saturated rings. The van der Waals surface area contributed by atoms with Gasteiger partial charge >= 0.3 is 0 Å². The quantitative estimate of drug-likeness (QED) is 0.355. The number of hydrogen-bond donors (Lipinski definition) is 0. The summed E-state index contributed by atoms with van der Waals surface area (Å²) >= 11 is 1.48. The van der Waals surface area contributed by atoms with Crippen molar-refractivity contribution in [3.63, 3.8) is 0 Å². The van der Waals surface area contributed by atoms with E-state index in [-0.39, 0.29) is 11.6 Å². The maximum Gasteiger partial charge on any atom is 0.196 e. The van der Waals surface area contributed by atoms with Crippen LogP contribution < -0.4 is 9.47 Å². The van der Waals surface area contributed by atoms with Crippen molar-refractivity contribution in [1.82, 2.24) is 19.7 Å². The van der Waals surface area contributed by atoms with Gasteiger partial charge < -0.3 is 9.47 Å². The van der Waals surface area contributed by atoms with Gasteiger partial charge in [-0.15, -0.1) is 10.2 Å². The fraction of sp³-hybridized carbons (Fsp3) is 0.174. The van der Waals surface area contributed by atoms with Crippen molar-refractivity contribution < 1.29 is 13.9 Å². The van der Waals surface area contributed by atoms with Crippen molar-refractivity contribution in [3.8, 4) is 28.6 Å². The normalized spacial score (nSPS) is 10.8. The number of ether oxygens (including phenoxy) is 2. The Balaban J connectivity index is 1.67. The van der Waals surface area contributed by atoms with Crippen LogP contribution in [0, 0.1) is 5.82 Å². The zero-order valence-electron chi connectivity index (χ0n) is 17.2. The molecule has 0 atom stereocenters. The molecule has 0 spiro atoms. The summed E-state index contributed by atoms with van der Waals surface area (Å²) in [6, 6.07) is 16.5. The predicted octanol–water partition coefficient (Wildman–Crippen LogP) is 5.17. The second-order valence-electron chi connectivity index (χ2n) is 6.57. The highest BCUT2D eigenvalue weighted by molar-refractivity contribution is 7.98. The average Bonchev–Trinajstić information content (AvgIpc) is 3.23. The molecule has 0 aliphatic carbocycles. The Morgan fingerprint density at radius 2 is 1.90 bits per heavy atom. The van der Waals surface area contributed by atoms with Gasteiger partial charge in [-0.25, -0.2) is 4.39 Å². The van der Waals surface area contributed by atoms with E-state index in [9.17, 15) is 4.39 Å². The van der Waals surface area contributed by atoms with E-state index in [1.165, 1.54) is 24.9 Å². The largest absolute Gasteiger partial charge is 0.494 e. The van der Waals surface area contributed by atoms with E-state index in [0.29, 0.717) is 23.3 Å². The average molecular weight is 437 g/mol. The van der Waals surface area contributed by atoms with Crippen LogP contribution in [0.5, 0.6) is 11.5 Å². The molecule has 0 N–H and O–H groups in total. The molecule has 0 aliphatic rings. The Morgan fingerprint density at radius 3 is 2.58 bits per heavy atom. The molecule has 0 amide bonds. The Bertz CT molecular complexity index is 1150. The lowest BCUT2D eigenvalue weighted by Crippen LogP contribution is -2.00. The molecule has 2 aromatic carbocycles. The highest BCUT2D eigenvalue weighted by atomic mass is 32.2. The fourth-order valence-electron chi connectivity index (χ4n) is 3.08. The van der Waals surface area contributed by atoms with Crippen LogP contribution >= 0.6 is 11.8 Å². The lowest BCUT2D eigenvalue weighted by atomic mass is 10.2. The number of hydrogen-bond acceptors (Lipinski definition) is 6. The van der Waals surface area contributed by atoms with Crippen LogP contribution in [-0.4, -0.2) is 33.5 Å². The first-order valence-electron chi connectivity index (χ1n) is 9.74. The maximum absolute atomic E-state index is 14.1. The van der Waals surface area contributed by atoms with E-state index < -0.39 is 0 Å². The minimum Gasteiger partial charge on any atom is -0.494 e. The zero-order valence-corrected chi connectivity index (χ0v) is 18.0. The third-order valence-corrected chi connectivity index (χ3v) is 5.54. The molecular weight excluding hydrogens is 415 g/mol. The van der Waals surface area contributed by atoms with Gasteiger partial charge in [0.15, 0.2) is 22.5 Å². The molecule has 8 heteroatoms. The number of methoxy groups -OCH3 is 1. The highest BCUT2D eigenvalue weighted by Gasteiger charge is 2.17. The first kappa shape index (κ1) is 20.9. The van der Waals surface area contributed by atoms with Crippen LogP contribution in [-0.2, 0) is 5.75 Å². The summed E-state index contributed by atoms with van der Waals surface area (Å²) in [5.74, 6) is 1.85. The molecule has 158 valence electrons. The minimum atomic E-state index is -0.385. The summed E-state index contributed by atoms with van der Waals surface area (Å²) in [6.07, 6.45) is 3.47. The van der Waals surface area contributed by atoms with Crippen LogP contribution in [0.3, 0.4) is 0 Å². The summed E-state index contributed by atoms with van der Waals surface area (Å²) in [6.45, 7) is 2.55. The van der Waals surface area contributed by atoms with Gasteiger partial charge in [0.05, 0.1) is 13.7 Å². The number of halogens is 1. The van der Waals surface area contributed by atoms with Crippen molar-refractivity contribution in [2.24, 2.45) is 0 Å². The first-order valence-corrected chi connectivity index (χ1v) is 10.7. The number of benzene rings is 2. The van der Waals surface area contributed by atoms with Crippen molar-refractivity contribution in [2.45, 2.75) is 17.8 Å². The summed E-state index contributed by atoms with van der Waals surface area (Å²) < 4.78 is 26.6. The van der Waals surface area contributed by atoms with Gasteiger partial charge in [-0.05, 0) is 61.0 Å². The molecule has 0 unspecified atom stereocenters. The van der Waals surface area contributed by atoms with Crippen molar-refractivity contribution in [3.05, 3.63) is 78.4 Å². The summed E-state index contributed by atoms with van der Waals surface area (Å²) in [5.41, 5.74) is 2.58. The van der Waals surface area contributed by atoms with Crippen LogP contribution in [0.1, 0.15) is 12.5 Å². The molecule has 6 nitrogen and oxygen atoms in total. The van der Waals surface area contributed by atoms with E-state index in [0.717, 1.165) is 22.6 Å². The molecule has 0 saturated heterocycles. The Kier molecular flexibility index (Phi) is 6.47. The Labute approximate surface area is 184 Å². The van der Waals surface area contributed by atoms with E-state index in [1.54, 1.807) is 18.5 Å². The molecule has 0 aliphatic heterocycles. The molecule has 0 bridgehead atoms. The number of pyridine rings is 1. The lowest BCUT2D eigenvalue weighted by Gasteiger charge is -2.11.